The SMILES string of the molecule is Cc1cc(NC(=O)N2CCCC(CO)(Cc3ccccc3)C2)n(C)n1. The number of piperidine rings is 1. The molecule has 0 aliphatic carbocycles. The molecule has 1 aromatic heterocycles. The van der Waals surface area contributed by atoms with Gasteiger partial charge in [-0.25, -0.2) is 4.79 Å². The first-order chi connectivity index (χ1) is 12.0. The molecule has 1 unspecified atom stereocenters. The Bertz CT molecular complexity index is 728. The standard InChI is InChI=1S/C19H26N4O2/c1-15-11-17(22(2)21-15)20-18(25)23-10-6-9-19(13-23,14-24)12-16-7-4-3-5-8-16/h3-5,7-8,11,24H,6,9-10,12-14H2,1-2H3,(H,20,25). The number of nitrogens with zero attached hydrogens (tertiary/aromatic N) is 3. The van der Waals surface area contributed by atoms with Crippen LogP contribution in [0.4, 0.5) is 10.6 Å². The first-order valence-corrected chi connectivity index (χ1v) is 8.73. The lowest BCUT2D eigenvalue weighted by Crippen LogP contribution is -2.50. The van der Waals surface area contributed by atoms with E-state index in [9.17, 15) is 9.90 Å². The van der Waals surface area contributed by atoms with Crippen LogP contribution in [0, 0.1) is 12.3 Å². The molecule has 0 radical (unpaired) electrons. The molecule has 1 fully saturated rings. The highest BCUT2D eigenvalue weighted by atomic mass is 16.3. The molecule has 6 heteroatoms. The van der Waals surface area contributed by atoms with E-state index in [1.165, 1.54) is 5.56 Å². The van der Waals surface area contributed by atoms with E-state index in [2.05, 4.69) is 22.5 Å². The number of aliphatic hydroxyl groups excluding tert-OH is 1. The fourth-order valence-corrected chi connectivity index (χ4v) is 3.66. The Morgan fingerprint density at radius 2 is 2.12 bits per heavy atom. The van der Waals surface area contributed by atoms with Crippen molar-refractivity contribution in [1.29, 1.82) is 0 Å². The molecule has 0 saturated carbocycles. The normalized spacial score (nSPS) is 20.5. The van der Waals surface area contributed by atoms with Gasteiger partial charge < -0.3 is 10.0 Å². The van der Waals surface area contributed by atoms with Crippen LogP contribution < -0.4 is 5.32 Å². The minimum Gasteiger partial charge on any atom is -0.396 e. The summed E-state index contributed by atoms with van der Waals surface area (Å²) in [4.78, 5) is 14.5. The summed E-state index contributed by atoms with van der Waals surface area (Å²) < 4.78 is 1.67. The predicted molar refractivity (Wildman–Crippen MR) is 97.4 cm³/mol. The second-order valence-corrected chi connectivity index (χ2v) is 7.07. The average Bonchev–Trinajstić information content (AvgIpc) is 2.93. The zero-order chi connectivity index (χ0) is 17.9. The van der Waals surface area contributed by atoms with E-state index in [0.717, 1.165) is 25.0 Å². The molecule has 2 N–H and O–H groups in total. The number of nitrogens with one attached hydrogen (secondary N) is 1. The van der Waals surface area contributed by atoms with Gasteiger partial charge in [0, 0.05) is 31.6 Å². The van der Waals surface area contributed by atoms with Gasteiger partial charge in [-0.3, -0.25) is 10.00 Å². The molecule has 6 nitrogen and oxygen atoms in total. The topological polar surface area (TPSA) is 70.4 Å². The van der Waals surface area contributed by atoms with Gasteiger partial charge in [-0.1, -0.05) is 30.3 Å². The summed E-state index contributed by atoms with van der Waals surface area (Å²) >= 11 is 0. The number of rotatable bonds is 4. The number of aryl methyl sites for hydroxylation is 2. The van der Waals surface area contributed by atoms with Crippen LogP contribution >= 0.6 is 0 Å². The van der Waals surface area contributed by atoms with Crippen molar-refractivity contribution in [3.63, 3.8) is 0 Å². The number of likely N-dealkylation sites (tertiary alicyclic amines) is 1. The number of hydrogen-bond donors (Lipinski definition) is 2. The molecule has 134 valence electrons. The fourth-order valence-electron chi connectivity index (χ4n) is 3.66. The molecule has 25 heavy (non-hydrogen) atoms. The van der Waals surface area contributed by atoms with Gasteiger partial charge >= 0.3 is 6.03 Å². The van der Waals surface area contributed by atoms with Crippen molar-refractivity contribution in [2.24, 2.45) is 12.5 Å². The highest BCUT2D eigenvalue weighted by Gasteiger charge is 2.37. The second kappa shape index (κ2) is 7.27. The molecule has 3 rings (SSSR count). The minimum atomic E-state index is -0.278. The summed E-state index contributed by atoms with van der Waals surface area (Å²) in [6.07, 6.45) is 2.59. The maximum atomic E-state index is 12.7. The molecule has 1 aliphatic heterocycles. The lowest BCUT2D eigenvalue weighted by atomic mass is 9.76. The highest BCUT2D eigenvalue weighted by molar-refractivity contribution is 5.88. The molecular weight excluding hydrogens is 316 g/mol. The number of carbonyl (C=O) groups excluding carboxylic acids is 1. The number of anilines is 1. The van der Waals surface area contributed by atoms with Crippen molar-refractivity contribution < 1.29 is 9.90 Å². The molecule has 2 aromatic rings. The van der Waals surface area contributed by atoms with Gasteiger partial charge in [0.25, 0.3) is 0 Å². The van der Waals surface area contributed by atoms with E-state index in [0.29, 0.717) is 18.9 Å². The number of aliphatic hydroxyl groups is 1. The summed E-state index contributed by atoms with van der Waals surface area (Å²) in [5, 5.41) is 17.3. The number of benzene rings is 1. The summed E-state index contributed by atoms with van der Waals surface area (Å²) in [5.41, 5.74) is 1.78. The van der Waals surface area contributed by atoms with Crippen molar-refractivity contribution in [2.75, 3.05) is 25.0 Å². The molecule has 1 aliphatic rings. The monoisotopic (exact) mass is 342 g/mol. The number of carbonyl (C=O) groups is 1. The zero-order valence-electron chi connectivity index (χ0n) is 14.9. The second-order valence-electron chi connectivity index (χ2n) is 7.07. The molecular formula is C19H26N4O2. The van der Waals surface area contributed by atoms with Gasteiger partial charge in [-0.15, -0.1) is 0 Å². The third-order valence-corrected chi connectivity index (χ3v) is 4.94. The van der Waals surface area contributed by atoms with Gasteiger partial charge in [0.1, 0.15) is 5.82 Å². The Morgan fingerprint density at radius 1 is 1.36 bits per heavy atom. The highest BCUT2D eigenvalue weighted by Crippen LogP contribution is 2.33. The summed E-state index contributed by atoms with van der Waals surface area (Å²) in [5.74, 6) is 0.686. The van der Waals surface area contributed by atoms with E-state index in [1.807, 2.05) is 43.1 Å². The minimum absolute atomic E-state index is 0.0799. The Labute approximate surface area is 148 Å². The number of amides is 2. The molecule has 0 bridgehead atoms. The number of hydrogen-bond acceptors (Lipinski definition) is 3. The quantitative estimate of drug-likeness (QED) is 0.897. The summed E-state index contributed by atoms with van der Waals surface area (Å²) in [7, 11) is 1.81. The molecule has 1 atom stereocenters. The van der Waals surface area contributed by atoms with Gasteiger partial charge in [0.05, 0.1) is 12.3 Å². The Balaban J connectivity index is 1.70. The van der Waals surface area contributed by atoms with Crippen LogP contribution in [0.5, 0.6) is 0 Å². The van der Waals surface area contributed by atoms with E-state index >= 15 is 0 Å². The fraction of sp³-hybridized carbons (Fsp3) is 0.474. The van der Waals surface area contributed by atoms with Crippen LogP contribution in [0.15, 0.2) is 36.4 Å². The van der Waals surface area contributed by atoms with Crippen molar-refractivity contribution in [3.8, 4) is 0 Å². The summed E-state index contributed by atoms with van der Waals surface area (Å²) in [6.45, 7) is 3.24. The molecule has 2 heterocycles. The van der Waals surface area contributed by atoms with Crippen molar-refractivity contribution in [2.45, 2.75) is 26.2 Å². The third-order valence-electron chi connectivity index (χ3n) is 4.94. The lowest BCUT2D eigenvalue weighted by Gasteiger charge is -2.42. The Hall–Kier alpha value is -2.34. The number of aromatic nitrogens is 2. The average molecular weight is 342 g/mol. The van der Waals surface area contributed by atoms with Crippen LogP contribution in [0.1, 0.15) is 24.1 Å². The first kappa shape index (κ1) is 17.5. The Morgan fingerprint density at radius 3 is 2.76 bits per heavy atom. The van der Waals surface area contributed by atoms with Crippen LogP contribution in [0.2, 0.25) is 0 Å². The van der Waals surface area contributed by atoms with Crippen molar-refractivity contribution in [3.05, 3.63) is 47.7 Å². The van der Waals surface area contributed by atoms with Crippen LogP contribution in [0.3, 0.4) is 0 Å². The van der Waals surface area contributed by atoms with Crippen molar-refractivity contribution in [1.82, 2.24) is 14.7 Å². The molecule has 1 saturated heterocycles. The first-order valence-electron chi connectivity index (χ1n) is 8.73. The smallest absolute Gasteiger partial charge is 0.323 e. The van der Waals surface area contributed by atoms with Crippen LogP contribution in [-0.4, -0.2) is 45.5 Å². The molecule has 1 aromatic carbocycles. The van der Waals surface area contributed by atoms with E-state index in [1.54, 1.807) is 4.68 Å². The van der Waals surface area contributed by atoms with Gasteiger partial charge in [-0.05, 0) is 31.7 Å². The van der Waals surface area contributed by atoms with E-state index in [-0.39, 0.29) is 18.1 Å². The lowest BCUT2D eigenvalue weighted by molar-refractivity contribution is 0.0500. The van der Waals surface area contributed by atoms with E-state index < -0.39 is 0 Å². The number of urea groups is 1. The zero-order valence-corrected chi connectivity index (χ0v) is 14.9. The Kier molecular flexibility index (Phi) is 5.08. The van der Waals surface area contributed by atoms with Gasteiger partial charge in [0.2, 0.25) is 0 Å². The predicted octanol–water partition coefficient (Wildman–Crippen LogP) is 2.58. The van der Waals surface area contributed by atoms with Gasteiger partial charge in [0.15, 0.2) is 0 Å². The third kappa shape index (κ3) is 4.02. The van der Waals surface area contributed by atoms with E-state index in [4.69, 9.17) is 0 Å². The summed E-state index contributed by atoms with van der Waals surface area (Å²) in [6, 6.07) is 11.9. The van der Waals surface area contributed by atoms with Gasteiger partial charge in [-0.2, -0.15) is 5.10 Å². The molecule has 0 spiro atoms. The van der Waals surface area contributed by atoms with Crippen molar-refractivity contribution >= 4 is 11.8 Å². The van der Waals surface area contributed by atoms with Crippen LogP contribution in [-0.2, 0) is 13.5 Å². The maximum absolute atomic E-state index is 12.7. The van der Waals surface area contributed by atoms with Crippen LogP contribution in [0.25, 0.3) is 0 Å². The molecule has 2 amide bonds. The maximum Gasteiger partial charge on any atom is 0.323 e. The largest absolute Gasteiger partial charge is 0.396 e.